The minimum Gasteiger partial charge on any atom is -0.463 e. The molecule has 1 atom stereocenters. The first-order valence-corrected chi connectivity index (χ1v) is 10.6. The summed E-state index contributed by atoms with van der Waals surface area (Å²) in [5, 5.41) is 5.31. The van der Waals surface area contributed by atoms with Crippen LogP contribution in [0, 0.1) is 0 Å². The van der Waals surface area contributed by atoms with Crippen molar-refractivity contribution in [3.05, 3.63) is 77.0 Å². The smallest absolute Gasteiger partial charge is 0.338 e. The molecule has 0 aromatic heterocycles. The zero-order valence-corrected chi connectivity index (χ0v) is 17.5. The summed E-state index contributed by atoms with van der Waals surface area (Å²) in [7, 11) is 0. The number of thioether (sulfide) groups is 1. The van der Waals surface area contributed by atoms with Crippen molar-refractivity contribution in [1.29, 1.82) is 0 Å². The van der Waals surface area contributed by atoms with Gasteiger partial charge >= 0.3 is 18.0 Å². The maximum absolute atomic E-state index is 12.7. The Morgan fingerprint density at radius 3 is 2.33 bits per heavy atom. The van der Waals surface area contributed by atoms with Gasteiger partial charge in [0.15, 0.2) is 0 Å². The van der Waals surface area contributed by atoms with Crippen LogP contribution in [0.5, 0.6) is 0 Å². The van der Waals surface area contributed by atoms with Crippen LogP contribution < -0.4 is 10.6 Å². The average molecular weight is 426 g/mol. The monoisotopic (exact) mass is 426 g/mol. The molecule has 0 fully saturated rings. The predicted molar refractivity (Wildman–Crippen MR) is 113 cm³/mol. The summed E-state index contributed by atoms with van der Waals surface area (Å²) in [6.07, 6.45) is 1.94. The molecular weight excluding hydrogens is 404 g/mol. The van der Waals surface area contributed by atoms with Gasteiger partial charge in [-0.15, -0.1) is 11.8 Å². The number of hydrogen-bond acceptors (Lipinski definition) is 6. The van der Waals surface area contributed by atoms with Crippen LogP contribution in [0.3, 0.4) is 0 Å². The molecule has 1 aliphatic heterocycles. The van der Waals surface area contributed by atoms with Gasteiger partial charge in [0.2, 0.25) is 0 Å². The molecule has 0 radical (unpaired) electrons. The second kappa shape index (κ2) is 9.98. The van der Waals surface area contributed by atoms with Gasteiger partial charge in [-0.25, -0.2) is 14.4 Å². The van der Waals surface area contributed by atoms with Crippen molar-refractivity contribution in [3.8, 4) is 0 Å². The third kappa shape index (κ3) is 5.01. The molecule has 8 heteroatoms. The molecule has 0 aliphatic carbocycles. The third-order valence-electron chi connectivity index (χ3n) is 4.46. The number of esters is 2. The number of carbonyl (C=O) groups is 3. The number of hydrogen-bond donors (Lipinski definition) is 2. The normalized spacial score (nSPS) is 15.8. The molecule has 2 amide bonds. The van der Waals surface area contributed by atoms with Gasteiger partial charge in [0.25, 0.3) is 0 Å². The number of carbonyl (C=O) groups excluding carboxylic acids is 3. The summed E-state index contributed by atoms with van der Waals surface area (Å²) in [5.74, 6) is -1.14. The Morgan fingerprint density at radius 2 is 1.70 bits per heavy atom. The van der Waals surface area contributed by atoms with E-state index >= 15 is 0 Å². The molecule has 0 spiro atoms. The largest absolute Gasteiger partial charge is 0.463 e. The molecule has 0 saturated carbocycles. The van der Waals surface area contributed by atoms with Crippen LogP contribution in [-0.2, 0) is 14.3 Å². The lowest BCUT2D eigenvalue weighted by Gasteiger charge is -2.29. The Bertz CT molecular complexity index is 957. The van der Waals surface area contributed by atoms with Gasteiger partial charge in [0, 0.05) is 4.90 Å². The Hall–Kier alpha value is -3.26. The molecule has 2 N–H and O–H groups in total. The van der Waals surface area contributed by atoms with E-state index in [1.807, 2.05) is 36.6 Å². The van der Waals surface area contributed by atoms with Crippen molar-refractivity contribution in [2.75, 3.05) is 19.5 Å². The molecular formula is C22H22N2O5S. The molecule has 2 aromatic rings. The molecule has 30 heavy (non-hydrogen) atoms. The van der Waals surface area contributed by atoms with Gasteiger partial charge in [-0.2, -0.15) is 0 Å². The lowest BCUT2D eigenvalue weighted by atomic mass is 9.95. The Balaban J connectivity index is 1.87. The van der Waals surface area contributed by atoms with Crippen LogP contribution in [0.4, 0.5) is 4.79 Å². The molecule has 3 rings (SSSR count). The summed E-state index contributed by atoms with van der Waals surface area (Å²) in [4.78, 5) is 38.3. The van der Waals surface area contributed by atoms with Gasteiger partial charge in [-0.1, -0.05) is 30.3 Å². The van der Waals surface area contributed by atoms with Gasteiger partial charge in [-0.05, 0) is 43.0 Å². The number of urea groups is 1. The minimum absolute atomic E-state index is 0.173. The van der Waals surface area contributed by atoms with Crippen molar-refractivity contribution in [1.82, 2.24) is 10.6 Å². The number of rotatable bonds is 7. The number of benzene rings is 2. The first-order chi connectivity index (χ1) is 14.5. The van der Waals surface area contributed by atoms with E-state index in [4.69, 9.17) is 9.47 Å². The molecule has 0 saturated heterocycles. The zero-order valence-electron chi connectivity index (χ0n) is 16.6. The SMILES string of the molecule is CCOC(=O)C1=C(COC(=O)c2ccc(SC)cc2)NC(=O)NC1c1ccccc1. The summed E-state index contributed by atoms with van der Waals surface area (Å²) < 4.78 is 10.6. The average Bonchev–Trinajstić information content (AvgIpc) is 2.77. The first kappa shape index (κ1) is 21.4. The molecule has 156 valence electrons. The van der Waals surface area contributed by atoms with E-state index in [1.165, 1.54) is 0 Å². The molecule has 1 aliphatic rings. The maximum Gasteiger partial charge on any atom is 0.338 e. The van der Waals surface area contributed by atoms with E-state index in [1.54, 1.807) is 43.0 Å². The van der Waals surface area contributed by atoms with E-state index in [-0.39, 0.29) is 24.5 Å². The Morgan fingerprint density at radius 1 is 1.00 bits per heavy atom. The van der Waals surface area contributed by atoms with Crippen LogP contribution >= 0.6 is 11.8 Å². The number of amides is 2. The zero-order chi connectivity index (χ0) is 21.5. The van der Waals surface area contributed by atoms with E-state index in [2.05, 4.69) is 10.6 Å². The Kier molecular flexibility index (Phi) is 7.13. The highest BCUT2D eigenvalue weighted by Gasteiger charge is 2.34. The fourth-order valence-corrected chi connectivity index (χ4v) is 3.43. The summed E-state index contributed by atoms with van der Waals surface area (Å²) in [5.41, 5.74) is 1.49. The van der Waals surface area contributed by atoms with Crippen LogP contribution in [0.2, 0.25) is 0 Å². The fourth-order valence-electron chi connectivity index (χ4n) is 3.03. The summed E-state index contributed by atoms with van der Waals surface area (Å²) in [6.45, 7) is 1.60. The second-order valence-electron chi connectivity index (χ2n) is 6.36. The van der Waals surface area contributed by atoms with Crippen LogP contribution in [0.15, 0.2) is 70.8 Å². The minimum atomic E-state index is -0.714. The van der Waals surface area contributed by atoms with Crippen molar-refractivity contribution < 1.29 is 23.9 Å². The topological polar surface area (TPSA) is 93.7 Å². The third-order valence-corrected chi connectivity index (χ3v) is 5.20. The van der Waals surface area contributed by atoms with Gasteiger partial charge < -0.3 is 20.1 Å². The van der Waals surface area contributed by atoms with Crippen molar-refractivity contribution >= 4 is 29.7 Å². The van der Waals surface area contributed by atoms with Gasteiger partial charge in [-0.3, -0.25) is 0 Å². The lowest BCUT2D eigenvalue weighted by Crippen LogP contribution is -2.47. The first-order valence-electron chi connectivity index (χ1n) is 9.37. The molecule has 2 aromatic carbocycles. The highest BCUT2D eigenvalue weighted by molar-refractivity contribution is 7.98. The van der Waals surface area contributed by atoms with E-state index < -0.39 is 24.0 Å². The van der Waals surface area contributed by atoms with Crippen LogP contribution in [-0.4, -0.2) is 37.4 Å². The molecule has 7 nitrogen and oxygen atoms in total. The molecule has 0 bridgehead atoms. The van der Waals surface area contributed by atoms with Crippen molar-refractivity contribution in [2.24, 2.45) is 0 Å². The van der Waals surface area contributed by atoms with Gasteiger partial charge in [0.05, 0.1) is 29.5 Å². The fraction of sp³-hybridized carbons (Fsp3) is 0.227. The number of nitrogens with one attached hydrogen (secondary N) is 2. The van der Waals surface area contributed by atoms with Crippen LogP contribution in [0.25, 0.3) is 0 Å². The second-order valence-corrected chi connectivity index (χ2v) is 7.24. The lowest BCUT2D eigenvalue weighted by molar-refractivity contribution is -0.139. The van der Waals surface area contributed by atoms with E-state index in [0.29, 0.717) is 11.1 Å². The van der Waals surface area contributed by atoms with Crippen LogP contribution in [0.1, 0.15) is 28.9 Å². The van der Waals surface area contributed by atoms with E-state index in [0.717, 1.165) is 4.90 Å². The standard InChI is InChI=1S/C22H22N2O5S/c1-3-28-21(26)18-17(13-29-20(25)15-9-11-16(30-2)12-10-15)23-22(27)24-19(18)14-7-5-4-6-8-14/h4-12,19H,3,13H2,1-2H3,(H2,23,24,27). The summed E-state index contributed by atoms with van der Waals surface area (Å²) >= 11 is 1.57. The highest BCUT2D eigenvalue weighted by Crippen LogP contribution is 2.28. The van der Waals surface area contributed by atoms with Crippen molar-refractivity contribution in [3.63, 3.8) is 0 Å². The molecule has 1 unspecified atom stereocenters. The predicted octanol–water partition coefficient (Wildman–Crippen LogP) is 3.44. The Labute approximate surface area is 178 Å². The summed E-state index contributed by atoms with van der Waals surface area (Å²) in [6, 6.07) is 14.8. The van der Waals surface area contributed by atoms with Gasteiger partial charge in [0.1, 0.15) is 6.61 Å². The molecule has 1 heterocycles. The number of ether oxygens (including phenoxy) is 2. The van der Waals surface area contributed by atoms with Crippen molar-refractivity contribution in [2.45, 2.75) is 17.9 Å². The quantitative estimate of drug-likeness (QED) is 0.520. The van der Waals surface area contributed by atoms with E-state index in [9.17, 15) is 14.4 Å². The maximum atomic E-state index is 12.7. The highest BCUT2D eigenvalue weighted by atomic mass is 32.2.